The average molecular weight is 426 g/mol. The van der Waals surface area contributed by atoms with E-state index in [-0.39, 0.29) is 10.9 Å². The summed E-state index contributed by atoms with van der Waals surface area (Å²) >= 11 is 8.11. The van der Waals surface area contributed by atoms with Crippen LogP contribution in [0.5, 0.6) is 0 Å². The van der Waals surface area contributed by atoms with E-state index < -0.39 is 0 Å². The maximum Gasteiger partial charge on any atom is 0.212 e. The quantitative estimate of drug-likeness (QED) is 0.472. The number of nitrogens with one attached hydrogen (secondary N) is 2. The van der Waals surface area contributed by atoms with Gasteiger partial charge in [-0.3, -0.25) is 5.43 Å². The first kappa shape index (κ1) is 18.9. The van der Waals surface area contributed by atoms with Gasteiger partial charge in [0.2, 0.25) is 5.96 Å². The van der Waals surface area contributed by atoms with Gasteiger partial charge in [0.05, 0.1) is 9.78 Å². The molecule has 2 aromatic carbocycles. The second-order valence-corrected chi connectivity index (χ2v) is 9.53. The van der Waals surface area contributed by atoms with Crippen molar-refractivity contribution in [1.29, 1.82) is 0 Å². The van der Waals surface area contributed by atoms with Gasteiger partial charge in [-0.25, -0.2) is 10.8 Å². The van der Waals surface area contributed by atoms with Crippen LogP contribution in [0.25, 0.3) is 0 Å². The molecule has 5 rings (SSSR count). The zero-order valence-electron chi connectivity index (χ0n) is 16.1. The highest BCUT2D eigenvalue weighted by molar-refractivity contribution is 8.04. The molecule has 0 aromatic heterocycles. The van der Waals surface area contributed by atoms with Gasteiger partial charge in [0, 0.05) is 10.7 Å². The number of hydrogen-bond acceptors (Lipinski definition) is 6. The first-order chi connectivity index (χ1) is 14.2. The molecule has 0 amide bonds. The van der Waals surface area contributed by atoms with Crippen molar-refractivity contribution in [3.05, 3.63) is 75.9 Å². The fourth-order valence-electron chi connectivity index (χ4n) is 4.56. The molecule has 1 saturated carbocycles. The van der Waals surface area contributed by atoms with E-state index in [4.69, 9.17) is 22.4 Å². The summed E-state index contributed by atoms with van der Waals surface area (Å²) in [4.78, 5) is 8.62. The SMILES string of the molecule is NNC1=NC(c2ccc(Cl)cc2)C2=C(N1)N(c1ccccc1)C1(CCCCC1)S2. The van der Waals surface area contributed by atoms with E-state index in [1.54, 1.807) is 0 Å². The van der Waals surface area contributed by atoms with Crippen LogP contribution in [0.4, 0.5) is 5.69 Å². The first-order valence-corrected chi connectivity index (χ1v) is 11.2. The van der Waals surface area contributed by atoms with E-state index in [1.165, 1.54) is 29.9 Å². The van der Waals surface area contributed by atoms with Crippen LogP contribution in [-0.2, 0) is 0 Å². The smallest absolute Gasteiger partial charge is 0.212 e. The van der Waals surface area contributed by atoms with Crippen LogP contribution < -0.4 is 21.5 Å². The van der Waals surface area contributed by atoms with Crippen molar-refractivity contribution in [1.82, 2.24) is 10.7 Å². The largest absolute Gasteiger partial charge is 0.312 e. The number of hydrogen-bond donors (Lipinski definition) is 3. The number of thioether (sulfide) groups is 1. The third kappa shape index (κ3) is 3.29. The highest BCUT2D eigenvalue weighted by Crippen LogP contribution is 2.58. The van der Waals surface area contributed by atoms with Crippen molar-refractivity contribution in [3.63, 3.8) is 0 Å². The molecule has 2 aromatic rings. The summed E-state index contributed by atoms with van der Waals surface area (Å²) in [6.45, 7) is 0. The second kappa shape index (κ2) is 7.59. The summed E-state index contributed by atoms with van der Waals surface area (Å²) in [5.41, 5.74) is 5.05. The Balaban J connectivity index is 1.63. The molecule has 7 heteroatoms. The Morgan fingerprint density at radius 3 is 2.48 bits per heavy atom. The normalized spacial score (nSPS) is 22.9. The molecule has 1 atom stereocenters. The van der Waals surface area contributed by atoms with Gasteiger partial charge < -0.3 is 10.2 Å². The Morgan fingerprint density at radius 2 is 1.79 bits per heavy atom. The lowest BCUT2D eigenvalue weighted by Gasteiger charge is -2.43. The van der Waals surface area contributed by atoms with Gasteiger partial charge in [0.1, 0.15) is 11.9 Å². The van der Waals surface area contributed by atoms with E-state index in [9.17, 15) is 0 Å². The molecule has 0 bridgehead atoms. The molecule has 3 aliphatic rings. The summed E-state index contributed by atoms with van der Waals surface area (Å²) in [6.07, 6.45) is 6.09. The summed E-state index contributed by atoms with van der Waals surface area (Å²) in [5, 5.41) is 4.20. The van der Waals surface area contributed by atoms with Gasteiger partial charge in [-0.2, -0.15) is 0 Å². The Hall–Kier alpha value is -2.15. The van der Waals surface area contributed by atoms with Crippen LogP contribution in [-0.4, -0.2) is 10.8 Å². The van der Waals surface area contributed by atoms with Crippen molar-refractivity contribution < 1.29 is 0 Å². The predicted octanol–water partition coefficient (Wildman–Crippen LogP) is 4.89. The monoisotopic (exact) mass is 425 g/mol. The number of benzene rings is 2. The summed E-state index contributed by atoms with van der Waals surface area (Å²) in [5.74, 6) is 7.46. The molecule has 4 N–H and O–H groups in total. The van der Waals surface area contributed by atoms with Gasteiger partial charge in [-0.15, -0.1) is 0 Å². The van der Waals surface area contributed by atoms with E-state index in [1.807, 2.05) is 23.9 Å². The van der Waals surface area contributed by atoms with Gasteiger partial charge in [-0.1, -0.05) is 73.0 Å². The lowest BCUT2D eigenvalue weighted by molar-refractivity contribution is 0.397. The molecule has 150 valence electrons. The molecular formula is C22H24ClN5S. The van der Waals surface area contributed by atoms with Crippen LogP contribution >= 0.6 is 23.4 Å². The van der Waals surface area contributed by atoms with Crippen LogP contribution in [0.1, 0.15) is 43.7 Å². The number of anilines is 1. The fourth-order valence-corrected chi connectivity index (χ4v) is 6.42. The number of nitrogens with zero attached hydrogens (tertiary/aromatic N) is 2. The number of rotatable bonds is 2. The zero-order valence-corrected chi connectivity index (χ0v) is 17.6. The minimum Gasteiger partial charge on any atom is -0.312 e. The van der Waals surface area contributed by atoms with Gasteiger partial charge in [0.25, 0.3) is 0 Å². The predicted molar refractivity (Wildman–Crippen MR) is 121 cm³/mol. The number of guanidine groups is 1. The molecule has 0 radical (unpaired) electrons. The lowest BCUT2D eigenvalue weighted by Crippen LogP contribution is -2.51. The molecule has 5 nitrogen and oxygen atoms in total. The van der Waals surface area contributed by atoms with E-state index in [0.29, 0.717) is 5.96 Å². The van der Waals surface area contributed by atoms with Crippen molar-refractivity contribution in [3.8, 4) is 0 Å². The maximum absolute atomic E-state index is 6.13. The number of hydrazine groups is 1. The maximum atomic E-state index is 6.13. The Kier molecular flexibility index (Phi) is 4.94. The molecule has 29 heavy (non-hydrogen) atoms. The molecule has 1 fully saturated rings. The molecule has 1 spiro atoms. The fraction of sp³-hybridized carbons (Fsp3) is 0.318. The van der Waals surface area contributed by atoms with Crippen molar-refractivity contribution in [2.24, 2.45) is 10.8 Å². The minimum absolute atomic E-state index is 0.0154. The van der Waals surface area contributed by atoms with Crippen LogP contribution in [0.3, 0.4) is 0 Å². The van der Waals surface area contributed by atoms with E-state index in [2.05, 4.69) is 58.1 Å². The summed E-state index contributed by atoms with van der Waals surface area (Å²) in [6, 6.07) is 18.5. The van der Waals surface area contributed by atoms with Crippen LogP contribution in [0.15, 0.2) is 70.3 Å². The third-order valence-electron chi connectivity index (χ3n) is 5.88. The van der Waals surface area contributed by atoms with E-state index in [0.717, 1.165) is 29.2 Å². The lowest BCUT2D eigenvalue weighted by atomic mass is 9.92. The minimum atomic E-state index is -0.105. The van der Waals surface area contributed by atoms with E-state index >= 15 is 0 Å². The van der Waals surface area contributed by atoms with Crippen LogP contribution in [0, 0.1) is 0 Å². The molecule has 1 aliphatic carbocycles. The second-order valence-electron chi connectivity index (χ2n) is 7.69. The Labute approximate surface area is 180 Å². The highest BCUT2D eigenvalue weighted by atomic mass is 35.5. The molecular weight excluding hydrogens is 402 g/mol. The van der Waals surface area contributed by atoms with Crippen LogP contribution in [0.2, 0.25) is 5.02 Å². The molecule has 0 saturated heterocycles. The standard InChI is InChI=1S/C22H24ClN5S/c23-16-11-9-15(10-12-16)18-19-20(26-21(25-18)27-24)28(17-7-3-1-4-8-17)22(29-19)13-5-2-6-14-22/h1,3-4,7-12,18H,2,5-6,13-14,24H2,(H2,25,26,27). The molecule has 1 unspecified atom stereocenters. The Bertz CT molecular complexity index is 951. The Morgan fingerprint density at radius 1 is 1.07 bits per heavy atom. The topological polar surface area (TPSA) is 65.7 Å². The summed E-state index contributed by atoms with van der Waals surface area (Å²) < 4.78 is 0. The zero-order chi connectivity index (χ0) is 19.8. The van der Waals surface area contributed by atoms with Crippen molar-refractivity contribution in [2.45, 2.75) is 43.0 Å². The average Bonchev–Trinajstić information content (AvgIpc) is 3.07. The number of para-hydroxylation sites is 1. The first-order valence-electron chi connectivity index (χ1n) is 10.1. The number of aliphatic imine (C=N–C) groups is 1. The van der Waals surface area contributed by atoms with Gasteiger partial charge >= 0.3 is 0 Å². The van der Waals surface area contributed by atoms with Crippen molar-refractivity contribution in [2.75, 3.05) is 4.90 Å². The summed E-state index contributed by atoms with van der Waals surface area (Å²) in [7, 11) is 0. The molecule has 2 aliphatic heterocycles. The third-order valence-corrected chi connectivity index (χ3v) is 7.74. The number of nitrogens with two attached hydrogens (primary N) is 1. The van der Waals surface area contributed by atoms with Gasteiger partial charge in [0.15, 0.2) is 0 Å². The highest BCUT2D eigenvalue weighted by Gasteiger charge is 2.50. The van der Waals surface area contributed by atoms with Crippen molar-refractivity contribution >= 4 is 35.0 Å². The molecule has 2 heterocycles. The van der Waals surface area contributed by atoms with Gasteiger partial charge in [-0.05, 0) is 42.7 Å². The number of halogens is 1.